The van der Waals surface area contributed by atoms with Gasteiger partial charge in [0.05, 0.1) is 0 Å². The number of hydrogen-bond donors (Lipinski definition) is 0. The standard InChI is InChI=1S/C26H33O3S/c1-3-21-22(4-2)24(30-9-5-6-10-30)8-7-23(21)28-16-25(27)29-26-19-12-17-11-18(14-19)15-20(26)13-17/h3-4,7-8,17-20,26H,1-2,5-6,9-16H2/q+1. The van der Waals surface area contributed by atoms with Crippen LogP contribution in [0, 0.1) is 23.7 Å². The Kier molecular flexibility index (Phi) is 5.70. The summed E-state index contributed by atoms with van der Waals surface area (Å²) in [5, 5.41) is 0. The summed E-state index contributed by atoms with van der Waals surface area (Å²) in [7, 11) is 0.292. The van der Waals surface area contributed by atoms with E-state index in [0.717, 1.165) is 23.0 Å². The molecule has 6 rings (SSSR count). The van der Waals surface area contributed by atoms with Gasteiger partial charge in [-0.1, -0.05) is 25.3 Å². The Morgan fingerprint density at radius 2 is 1.60 bits per heavy atom. The second-order valence-electron chi connectivity index (χ2n) is 9.58. The van der Waals surface area contributed by atoms with Crippen molar-refractivity contribution in [2.75, 3.05) is 18.1 Å². The molecule has 1 aromatic carbocycles. The maximum atomic E-state index is 12.6. The molecule has 0 N–H and O–H groups in total. The van der Waals surface area contributed by atoms with Crippen LogP contribution in [-0.2, 0) is 20.4 Å². The molecular weight excluding hydrogens is 392 g/mol. The number of esters is 1. The third-order valence-corrected chi connectivity index (χ3v) is 10.3. The molecule has 4 saturated carbocycles. The first-order valence-electron chi connectivity index (χ1n) is 11.6. The Labute approximate surface area is 183 Å². The maximum Gasteiger partial charge on any atom is 0.344 e. The van der Waals surface area contributed by atoms with Crippen molar-refractivity contribution in [2.45, 2.75) is 55.9 Å². The smallest absolute Gasteiger partial charge is 0.344 e. The van der Waals surface area contributed by atoms with Crippen molar-refractivity contribution in [1.29, 1.82) is 0 Å². The molecule has 160 valence electrons. The first kappa shape index (κ1) is 20.2. The molecule has 4 bridgehead atoms. The van der Waals surface area contributed by atoms with Gasteiger partial charge in [-0.25, -0.2) is 4.79 Å². The molecule has 0 spiro atoms. The van der Waals surface area contributed by atoms with Crippen molar-refractivity contribution in [2.24, 2.45) is 23.7 Å². The summed E-state index contributed by atoms with van der Waals surface area (Å²) in [6, 6.07) is 4.16. The Morgan fingerprint density at radius 1 is 0.967 bits per heavy atom. The third-order valence-electron chi connectivity index (χ3n) is 7.71. The van der Waals surface area contributed by atoms with E-state index in [1.54, 1.807) is 0 Å². The van der Waals surface area contributed by atoms with Crippen LogP contribution in [0.5, 0.6) is 5.75 Å². The van der Waals surface area contributed by atoms with Crippen LogP contribution >= 0.6 is 0 Å². The van der Waals surface area contributed by atoms with Crippen molar-refractivity contribution in [1.82, 2.24) is 0 Å². The number of hydrogen-bond acceptors (Lipinski definition) is 3. The number of ether oxygens (including phenoxy) is 2. The molecule has 5 fully saturated rings. The van der Waals surface area contributed by atoms with Gasteiger partial charge in [0.15, 0.2) is 11.5 Å². The SMILES string of the molecule is C=Cc1c(OCC(=O)OC2C3CC4CC(C3)CC2C4)ccc([S+]2CCCC2)c1C=C. The first-order chi connectivity index (χ1) is 14.7. The lowest BCUT2D eigenvalue weighted by Crippen LogP contribution is -2.50. The van der Waals surface area contributed by atoms with Crippen LogP contribution in [0.2, 0.25) is 0 Å². The lowest BCUT2D eigenvalue weighted by atomic mass is 9.55. The highest BCUT2D eigenvalue weighted by atomic mass is 32.2. The van der Waals surface area contributed by atoms with Crippen LogP contribution < -0.4 is 4.74 Å². The topological polar surface area (TPSA) is 35.5 Å². The lowest BCUT2D eigenvalue weighted by Gasteiger charge is -2.53. The summed E-state index contributed by atoms with van der Waals surface area (Å²) in [4.78, 5) is 14.0. The van der Waals surface area contributed by atoms with E-state index in [2.05, 4.69) is 19.2 Å². The fourth-order valence-electron chi connectivity index (χ4n) is 6.66. The van der Waals surface area contributed by atoms with Crippen LogP contribution in [0.1, 0.15) is 56.1 Å². The highest BCUT2D eigenvalue weighted by molar-refractivity contribution is 7.97. The number of carbonyl (C=O) groups is 1. The molecule has 5 aliphatic rings. The van der Waals surface area contributed by atoms with Crippen LogP contribution in [0.4, 0.5) is 0 Å². The highest BCUT2D eigenvalue weighted by Gasteiger charge is 2.49. The summed E-state index contributed by atoms with van der Waals surface area (Å²) in [5.74, 6) is 5.90. The predicted octanol–water partition coefficient (Wildman–Crippen LogP) is 5.49. The summed E-state index contributed by atoms with van der Waals surface area (Å²) in [6.07, 6.45) is 12.9. The predicted molar refractivity (Wildman–Crippen MR) is 124 cm³/mol. The molecule has 0 aromatic heterocycles. The van der Waals surface area contributed by atoms with Gasteiger partial charge >= 0.3 is 5.97 Å². The molecular formula is C26H33O3S+. The quantitative estimate of drug-likeness (QED) is 0.428. The van der Waals surface area contributed by atoms with Gasteiger partial charge in [0.2, 0.25) is 0 Å². The fourth-order valence-corrected chi connectivity index (χ4v) is 9.17. The first-order valence-corrected chi connectivity index (χ1v) is 13.1. The van der Waals surface area contributed by atoms with Gasteiger partial charge in [-0.15, -0.1) is 0 Å². The van der Waals surface area contributed by atoms with Gasteiger partial charge in [0.1, 0.15) is 23.4 Å². The van der Waals surface area contributed by atoms with Crippen molar-refractivity contribution >= 4 is 29.0 Å². The molecule has 4 aliphatic carbocycles. The van der Waals surface area contributed by atoms with Crippen molar-refractivity contribution < 1.29 is 14.3 Å². The Balaban J connectivity index is 1.25. The molecule has 3 nitrogen and oxygen atoms in total. The molecule has 0 amide bonds. The minimum Gasteiger partial charge on any atom is -0.481 e. The number of benzene rings is 1. The number of carbonyl (C=O) groups excluding carboxylic acids is 1. The Morgan fingerprint density at radius 3 is 2.20 bits per heavy atom. The summed E-state index contributed by atoms with van der Waals surface area (Å²) < 4.78 is 11.9. The van der Waals surface area contributed by atoms with E-state index < -0.39 is 0 Å². The van der Waals surface area contributed by atoms with Gasteiger partial charge in [-0.2, -0.15) is 0 Å². The normalized spacial score (nSPS) is 32.2. The Bertz CT molecular complexity index is 811. The average Bonchev–Trinajstić information content (AvgIpc) is 3.28. The van der Waals surface area contributed by atoms with Crippen LogP contribution in [0.25, 0.3) is 12.2 Å². The van der Waals surface area contributed by atoms with E-state index in [1.165, 1.54) is 61.3 Å². The van der Waals surface area contributed by atoms with Crippen LogP contribution in [0.3, 0.4) is 0 Å². The summed E-state index contributed by atoms with van der Waals surface area (Å²) in [6.45, 7) is 8.00. The molecule has 0 atom stereocenters. The van der Waals surface area contributed by atoms with E-state index in [0.29, 0.717) is 28.5 Å². The monoisotopic (exact) mass is 425 g/mol. The highest BCUT2D eigenvalue weighted by Crippen LogP contribution is 2.54. The zero-order valence-electron chi connectivity index (χ0n) is 17.8. The van der Waals surface area contributed by atoms with Gasteiger partial charge < -0.3 is 9.47 Å². The van der Waals surface area contributed by atoms with E-state index in [4.69, 9.17) is 9.47 Å². The van der Waals surface area contributed by atoms with E-state index in [-0.39, 0.29) is 18.7 Å². The van der Waals surface area contributed by atoms with Crippen molar-refractivity contribution in [3.8, 4) is 5.75 Å². The van der Waals surface area contributed by atoms with Gasteiger partial charge in [-0.3, -0.25) is 0 Å². The number of rotatable bonds is 7. The lowest BCUT2D eigenvalue weighted by molar-refractivity contribution is -0.172. The molecule has 4 heteroatoms. The summed E-state index contributed by atoms with van der Waals surface area (Å²) >= 11 is 0. The molecule has 1 aromatic rings. The van der Waals surface area contributed by atoms with E-state index in [9.17, 15) is 4.79 Å². The average molecular weight is 426 g/mol. The van der Waals surface area contributed by atoms with Crippen molar-refractivity contribution in [3.05, 3.63) is 36.4 Å². The van der Waals surface area contributed by atoms with Gasteiger partial charge in [0, 0.05) is 22.0 Å². The van der Waals surface area contributed by atoms with E-state index >= 15 is 0 Å². The molecule has 30 heavy (non-hydrogen) atoms. The second-order valence-corrected chi connectivity index (χ2v) is 11.8. The molecule has 0 radical (unpaired) electrons. The van der Waals surface area contributed by atoms with Crippen LogP contribution in [0.15, 0.2) is 30.2 Å². The molecule has 0 unspecified atom stereocenters. The molecule has 1 saturated heterocycles. The third kappa shape index (κ3) is 3.72. The Hall–Kier alpha value is -1.68. The van der Waals surface area contributed by atoms with Gasteiger partial charge in [0.25, 0.3) is 0 Å². The van der Waals surface area contributed by atoms with Crippen molar-refractivity contribution in [3.63, 3.8) is 0 Å². The van der Waals surface area contributed by atoms with Gasteiger partial charge in [-0.05, 0) is 80.8 Å². The zero-order valence-corrected chi connectivity index (χ0v) is 18.6. The van der Waals surface area contributed by atoms with E-state index in [1.807, 2.05) is 18.2 Å². The summed E-state index contributed by atoms with van der Waals surface area (Å²) in [5.41, 5.74) is 2.06. The fraction of sp³-hybridized carbons (Fsp3) is 0.577. The largest absolute Gasteiger partial charge is 0.481 e. The zero-order chi connectivity index (χ0) is 20.7. The molecule has 1 aliphatic heterocycles. The maximum absolute atomic E-state index is 12.6. The van der Waals surface area contributed by atoms with Crippen LogP contribution in [-0.4, -0.2) is 30.2 Å². The minimum absolute atomic E-state index is 0.0364. The molecule has 1 heterocycles. The second kappa shape index (κ2) is 8.45. The minimum atomic E-state index is -0.232.